The van der Waals surface area contributed by atoms with Crippen LogP contribution in [0.1, 0.15) is 124 Å². The summed E-state index contributed by atoms with van der Waals surface area (Å²) in [5.41, 5.74) is 5.55. The van der Waals surface area contributed by atoms with Crippen molar-refractivity contribution < 1.29 is 0 Å². The first-order valence-corrected chi connectivity index (χ1v) is 14.9. The van der Waals surface area contributed by atoms with Gasteiger partial charge in [-0.3, -0.25) is 0 Å². The molecule has 0 spiro atoms. The van der Waals surface area contributed by atoms with Crippen LogP contribution >= 0.6 is 46.0 Å². The molecule has 0 atom stereocenters. The highest BCUT2D eigenvalue weighted by Crippen LogP contribution is 2.26. The predicted octanol–water partition coefficient (Wildman–Crippen LogP) is 8.87. The number of rotatable bonds is 18. The van der Waals surface area contributed by atoms with Gasteiger partial charge in [-0.25, -0.2) is 0 Å². The van der Waals surface area contributed by atoms with Crippen LogP contribution in [0, 0.1) is 0 Å². The van der Waals surface area contributed by atoms with Gasteiger partial charge in [-0.2, -0.15) is 0 Å². The smallest absolute Gasteiger partial charge is 0.147 e. The average molecular weight is 479 g/mol. The molecule has 6 heteroatoms. The highest BCUT2D eigenvalue weighted by Gasteiger charge is 2.14. The summed E-state index contributed by atoms with van der Waals surface area (Å²) in [4.78, 5) is 2.30. The number of thiocarbonyl (C=S) groups is 2. The molecule has 2 nitrogen and oxygen atoms in total. The molecule has 0 aromatic carbocycles. The van der Waals surface area contributed by atoms with Crippen LogP contribution in [0.2, 0.25) is 0 Å². The van der Waals surface area contributed by atoms with Crippen molar-refractivity contribution in [2.75, 3.05) is 6.54 Å². The lowest BCUT2D eigenvalue weighted by Crippen LogP contribution is -2.34. The molecular formula is C23H46N2S4. The number of nitrogens with two attached hydrogens (primary N) is 1. The van der Waals surface area contributed by atoms with E-state index in [2.05, 4.69) is 25.7 Å². The molecule has 0 saturated carbocycles. The molecule has 0 fully saturated rings. The minimum absolute atomic E-state index is 0.429. The monoisotopic (exact) mass is 478 g/mol. The summed E-state index contributed by atoms with van der Waals surface area (Å²) in [6.07, 6.45) is 22.4. The first kappa shape index (κ1) is 29.5. The zero-order valence-electron chi connectivity index (χ0n) is 19.3. The Hall–Kier alpha value is 0.480. The minimum atomic E-state index is 0.429. The Kier molecular flexibility index (Phi) is 22.1. The number of hydrogen-bond donors (Lipinski definition) is 1. The Morgan fingerprint density at radius 2 is 1.07 bits per heavy atom. The highest BCUT2D eigenvalue weighted by molar-refractivity contribution is 8.89. The minimum Gasteiger partial charge on any atom is -0.384 e. The molecule has 0 heterocycles. The van der Waals surface area contributed by atoms with Gasteiger partial charge in [-0.05, 0) is 41.9 Å². The second-order valence-corrected chi connectivity index (χ2v) is 11.8. The summed E-state index contributed by atoms with van der Waals surface area (Å²) in [5.74, 6) is 0. The first-order valence-electron chi connectivity index (χ1n) is 11.9. The fourth-order valence-corrected chi connectivity index (χ4v) is 5.73. The molecule has 0 radical (unpaired) electrons. The maximum absolute atomic E-state index is 5.55. The molecule has 0 unspecified atom stereocenters. The lowest BCUT2D eigenvalue weighted by Gasteiger charge is -2.28. The third kappa shape index (κ3) is 20.2. The fraction of sp³-hybridized carbons (Fsp3) is 0.913. The van der Waals surface area contributed by atoms with Crippen LogP contribution < -0.4 is 5.73 Å². The summed E-state index contributed by atoms with van der Waals surface area (Å²) in [5, 5.41) is 0. The fourth-order valence-electron chi connectivity index (χ4n) is 3.52. The molecule has 0 aliphatic heterocycles. The van der Waals surface area contributed by atoms with Gasteiger partial charge in [0.05, 0.1) is 0 Å². The number of unbranched alkanes of at least 4 members (excludes halogenated alkanes) is 15. The van der Waals surface area contributed by atoms with Crippen molar-refractivity contribution in [3.8, 4) is 0 Å². The molecule has 2 N–H and O–H groups in total. The van der Waals surface area contributed by atoms with Gasteiger partial charge in [0.2, 0.25) is 0 Å². The van der Waals surface area contributed by atoms with Crippen LogP contribution in [0.3, 0.4) is 0 Å². The van der Waals surface area contributed by atoms with Gasteiger partial charge in [0.1, 0.15) is 8.64 Å². The first-order chi connectivity index (χ1) is 14.0. The maximum atomic E-state index is 5.55. The Morgan fingerprint density at radius 1 is 0.690 bits per heavy atom. The van der Waals surface area contributed by atoms with Crippen LogP contribution in [0.15, 0.2) is 0 Å². The molecule has 0 aliphatic carbocycles. The third-order valence-electron chi connectivity index (χ3n) is 5.31. The Labute approximate surface area is 200 Å². The van der Waals surface area contributed by atoms with E-state index in [1.54, 1.807) is 0 Å². The van der Waals surface area contributed by atoms with Crippen molar-refractivity contribution in [2.24, 2.45) is 5.73 Å². The second kappa shape index (κ2) is 21.7. The summed E-state index contributed by atoms with van der Waals surface area (Å²) >= 11 is 10.5. The molecule has 0 aliphatic rings. The van der Waals surface area contributed by atoms with Crippen molar-refractivity contribution in [1.29, 1.82) is 0 Å². The van der Waals surface area contributed by atoms with Crippen LogP contribution in [0.5, 0.6) is 0 Å². The summed E-state index contributed by atoms with van der Waals surface area (Å²) in [6, 6.07) is 0.429. The number of nitrogens with zero attached hydrogens (tertiary/aromatic N) is 1. The van der Waals surface area contributed by atoms with Crippen molar-refractivity contribution in [2.45, 2.75) is 130 Å². The zero-order chi connectivity index (χ0) is 21.7. The predicted molar refractivity (Wildman–Crippen MR) is 146 cm³/mol. The van der Waals surface area contributed by atoms with Crippen LogP contribution in [-0.4, -0.2) is 26.1 Å². The van der Waals surface area contributed by atoms with Gasteiger partial charge in [-0.1, -0.05) is 128 Å². The van der Waals surface area contributed by atoms with Gasteiger partial charge in [0.15, 0.2) is 0 Å². The van der Waals surface area contributed by atoms with Gasteiger partial charge < -0.3 is 10.6 Å². The molecule has 172 valence electrons. The quantitative estimate of drug-likeness (QED) is 0.120. The molecule has 0 saturated heterocycles. The van der Waals surface area contributed by atoms with E-state index in [0.717, 1.165) is 10.9 Å². The molecule has 0 amide bonds. The third-order valence-corrected chi connectivity index (χ3v) is 8.56. The van der Waals surface area contributed by atoms with E-state index in [1.165, 1.54) is 124 Å². The van der Waals surface area contributed by atoms with Crippen LogP contribution in [0.25, 0.3) is 0 Å². The molecule has 0 aromatic rings. The van der Waals surface area contributed by atoms with E-state index < -0.39 is 0 Å². The standard InChI is InChI=1S/C23H46N2S4/c1-4-5-6-7-8-9-10-11-12-13-14-15-16-17-18-19-20-25(21(2)3)23(27)29-28-22(24)26/h21H,4-20H2,1-3H3,(H2,24,26). The molecule has 29 heavy (non-hydrogen) atoms. The van der Waals surface area contributed by atoms with E-state index in [-0.39, 0.29) is 0 Å². The molecule has 0 aromatic heterocycles. The van der Waals surface area contributed by atoms with E-state index in [9.17, 15) is 0 Å². The normalized spacial score (nSPS) is 11.2. The Balaban J connectivity index is 3.46. The highest BCUT2D eigenvalue weighted by atomic mass is 33.1. The Morgan fingerprint density at radius 3 is 1.41 bits per heavy atom. The van der Waals surface area contributed by atoms with E-state index in [0.29, 0.717) is 10.4 Å². The van der Waals surface area contributed by atoms with E-state index in [1.807, 2.05) is 0 Å². The lowest BCUT2D eigenvalue weighted by atomic mass is 10.0. The topological polar surface area (TPSA) is 29.3 Å². The van der Waals surface area contributed by atoms with Crippen LogP contribution in [-0.2, 0) is 0 Å². The molecular weight excluding hydrogens is 433 g/mol. The largest absolute Gasteiger partial charge is 0.384 e. The van der Waals surface area contributed by atoms with Crippen molar-refractivity contribution in [1.82, 2.24) is 4.90 Å². The summed E-state index contributed by atoms with van der Waals surface area (Å²) < 4.78 is 1.35. The van der Waals surface area contributed by atoms with Gasteiger partial charge in [0, 0.05) is 12.6 Å². The molecule has 0 rings (SSSR count). The van der Waals surface area contributed by atoms with E-state index >= 15 is 0 Å². The maximum Gasteiger partial charge on any atom is 0.147 e. The summed E-state index contributed by atoms with van der Waals surface area (Å²) in [6.45, 7) is 7.73. The zero-order valence-corrected chi connectivity index (χ0v) is 22.5. The van der Waals surface area contributed by atoms with Gasteiger partial charge in [0.25, 0.3) is 0 Å². The Bertz CT molecular complexity index is 402. The van der Waals surface area contributed by atoms with Crippen molar-refractivity contribution >= 4 is 54.7 Å². The average Bonchev–Trinajstić information content (AvgIpc) is 2.68. The van der Waals surface area contributed by atoms with Crippen molar-refractivity contribution in [3.63, 3.8) is 0 Å². The summed E-state index contributed by atoms with van der Waals surface area (Å²) in [7, 11) is 2.91. The lowest BCUT2D eigenvalue weighted by molar-refractivity contribution is 0.349. The molecule has 0 bridgehead atoms. The second-order valence-electron chi connectivity index (χ2n) is 8.34. The van der Waals surface area contributed by atoms with Gasteiger partial charge in [-0.15, -0.1) is 0 Å². The van der Waals surface area contributed by atoms with Crippen LogP contribution in [0.4, 0.5) is 0 Å². The van der Waals surface area contributed by atoms with E-state index in [4.69, 9.17) is 30.2 Å². The number of hydrogen-bond acceptors (Lipinski definition) is 4. The van der Waals surface area contributed by atoms with Crippen molar-refractivity contribution in [3.05, 3.63) is 0 Å². The SMILES string of the molecule is CCCCCCCCCCCCCCCCCCN(C(=S)SSC(N)=S)C(C)C. The van der Waals surface area contributed by atoms with Gasteiger partial charge >= 0.3 is 0 Å².